The van der Waals surface area contributed by atoms with Crippen molar-refractivity contribution < 1.29 is 4.39 Å². The van der Waals surface area contributed by atoms with Crippen molar-refractivity contribution in [3.05, 3.63) is 53.7 Å². The van der Waals surface area contributed by atoms with Crippen LogP contribution in [0.3, 0.4) is 0 Å². The Balaban J connectivity index is 1.60. The molecular weight excluding hydrogens is 393 g/mol. The van der Waals surface area contributed by atoms with Crippen molar-refractivity contribution in [3.63, 3.8) is 0 Å². The average Bonchev–Trinajstić information content (AvgIpc) is 3.21. The third kappa shape index (κ3) is 3.24. The molecular formula is C20H19ClFN7. The molecule has 0 unspecified atom stereocenters. The third-order valence-corrected chi connectivity index (χ3v) is 5.40. The molecule has 1 fully saturated rings. The van der Waals surface area contributed by atoms with Gasteiger partial charge in [0.2, 0.25) is 0 Å². The molecule has 148 valence electrons. The summed E-state index contributed by atoms with van der Waals surface area (Å²) in [5, 5.41) is 6.74. The van der Waals surface area contributed by atoms with E-state index in [1.54, 1.807) is 24.7 Å². The van der Waals surface area contributed by atoms with Crippen molar-refractivity contribution in [2.75, 3.05) is 29.9 Å². The van der Waals surface area contributed by atoms with Crippen molar-refractivity contribution in [3.8, 4) is 0 Å². The Morgan fingerprint density at radius 3 is 2.97 bits per heavy atom. The summed E-state index contributed by atoms with van der Waals surface area (Å²) in [6, 6.07) is 8.85. The van der Waals surface area contributed by atoms with E-state index in [4.69, 9.17) is 16.6 Å². The van der Waals surface area contributed by atoms with Crippen LogP contribution >= 0.6 is 11.6 Å². The molecule has 0 radical (unpaired) electrons. The fourth-order valence-corrected chi connectivity index (χ4v) is 3.87. The van der Waals surface area contributed by atoms with Crippen LogP contribution in [0.1, 0.15) is 6.92 Å². The first-order chi connectivity index (χ1) is 14.1. The first kappa shape index (κ1) is 18.1. The van der Waals surface area contributed by atoms with Gasteiger partial charge in [-0.1, -0.05) is 17.7 Å². The molecule has 7 nitrogen and oxygen atoms in total. The van der Waals surface area contributed by atoms with Crippen LogP contribution in [-0.4, -0.2) is 45.0 Å². The lowest BCUT2D eigenvalue weighted by Gasteiger charge is -2.32. The van der Waals surface area contributed by atoms with Crippen LogP contribution < -0.4 is 15.5 Å². The molecule has 1 saturated heterocycles. The Hall–Kier alpha value is -2.97. The van der Waals surface area contributed by atoms with Crippen molar-refractivity contribution in [1.82, 2.24) is 24.7 Å². The van der Waals surface area contributed by atoms with Crippen molar-refractivity contribution in [2.45, 2.75) is 13.0 Å². The Morgan fingerprint density at radius 2 is 2.14 bits per heavy atom. The van der Waals surface area contributed by atoms with E-state index in [9.17, 15) is 4.39 Å². The van der Waals surface area contributed by atoms with Crippen LogP contribution in [0.15, 0.2) is 42.9 Å². The monoisotopic (exact) mass is 411 g/mol. The summed E-state index contributed by atoms with van der Waals surface area (Å²) in [6.07, 6.45) is 3.36. The molecule has 4 aromatic rings. The van der Waals surface area contributed by atoms with Gasteiger partial charge in [-0.15, -0.1) is 0 Å². The zero-order valence-corrected chi connectivity index (χ0v) is 16.5. The number of pyridine rings is 1. The number of nitrogens with one attached hydrogen (secondary N) is 2. The molecule has 0 bridgehead atoms. The molecule has 1 aliphatic rings. The van der Waals surface area contributed by atoms with Crippen LogP contribution in [0.5, 0.6) is 0 Å². The van der Waals surface area contributed by atoms with E-state index < -0.39 is 5.82 Å². The lowest BCUT2D eigenvalue weighted by atomic mass is 10.2. The van der Waals surface area contributed by atoms with Gasteiger partial charge in [0.05, 0.1) is 16.9 Å². The number of hydrogen-bond donors (Lipinski definition) is 2. The van der Waals surface area contributed by atoms with E-state index in [1.165, 1.54) is 6.07 Å². The molecule has 0 aliphatic carbocycles. The topological polar surface area (TPSA) is 70.4 Å². The van der Waals surface area contributed by atoms with Crippen molar-refractivity contribution in [1.29, 1.82) is 0 Å². The van der Waals surface area contributed by atoms with Crippen LogP contribution in [-0.2, 0) is 0 Å². The van der Waals surface area contributed by atoms with Gasteiger partial charge in [0, 0.05) is 25.7 Å². The first-order valence-electron chi connectivity index (χ1n) is 9.42. The largest absolute Gasteiger partial charge is 0.354 e. The normalized spacial score (nSPS) is 17.2. The van der Waals surface area contributed by atoms with Gasteiger partial charge in [0.15, 0.2) is 11.5 Å². The summed E-state index contributed by atoms with van der Waals surface area (Å²) < 4.78 is 16.1. The standard InChI is InChI=1S/C20H19ClFN7/c1-12-10-28(8-7-24-12)17-6-5-15-20(26-17)29-11-23-9-16(29)19(25-15)27-18-13(21)3-2-4-14(18)22/h2-6,9,11-12,24H,7-8,10H2,1H3,(H,25,27)/t12-/m0/s1. The second-order valence-electron chi connectivity index (χ2n) is 7.14. The lowest BCUT2D eigenvalue weighted by Crippen LogP contribution is -2.49. The summed E-state index contributed by atoms with van der Waals surface area (Å²) in [5.41, 5.74) is 2.25. The van der Waals surface area contributed by atoms with Gasteiger partial charge in [-0.05, 0) is 31.2 Å². The van der Waals surface area contributed by atoms with Gasteiger partial charge in [-0.3, -0.25) is 4.40 Å². The minimum Gasteiger partial charge on any atom is -0.354 e. The van der Waals surface area contributed by atoms with Crippen molar-refractivity contribution in [2.24, 2.45) is 0 Å². The molecule has 5 rings (SSSR count). The minimum atomic E-state index is -0.446. The first-order valence-corrected chi connectivity index (χ1v) is 9.80. The highest BCUT2D eigenvalue weighted by atomic mass is 35.5. The maximum absolute atomic E-state index is 14.2. The zero-order chi connectivity index (χ0) is 20.0. The molecule has 0 spiro atoms. The predicted molar refractivity (Wildman–Crippen MR) is 113 cm³/mol. The number of anilines is 3. The maximum atomic E-state index is 14.2. The van der Waals surface area contributed by atoms with Gasteiger partial charge in [0.25, 0.3) is 0 Å². The molecule has 0 saturated carbocycles. The summed E-state index contributed by atoms with van der Waals surface area (Å²) in [4.78, 5) is 16.0. The second-order valence-corrected chi connectivity index (χ2v) is 7.55. The number of fused-ring (bicyclic) bond motifs is 3. The Bertz CT molecular complexity index is 1190. The van der Waals surface area contributed by atoms with E-state index in [1.807, 2.05) is 16.5 Å². The highest BCUT2D eigenvalue weighted by Crippen LogP contribution is 2.30. The highest BCUT2D eigenvalue weighted by Gasteiger charge is 2.19. The second kappa shape index (κ2) is 7.13. The van der Waals surface area contributed by atoms with Gasteiger partial charge in [-0.25, -0.2) is 19.3 Å². The number of rotatable bonds is 3. The Morgan fingerprint density at radius 1 is 1.24 bits per heavy atom. The summed E-state index contributed by atoms with van der Waals surface area (Å²) >= 11 is 6.17. The van der Waals surface area contributed by atoms with E-state index >= 15 is 0 Å². The quantitative estimate of drug-likeness (QED) is 0.536. The van der Waals surface area contributed by atoms with Crippen LogP contribution in [0.25, 0.3) is 16.7 Å². The molecule has 2 N–H and O–H groups in total. The number of nitrogens with zero attached hydrogens (tertiary/aromatic N) is 5. The van der Waals surface area contributed by atoms with Gasteiger partial charge >= 0.3 is 0 Å². The molecule has 1 aliphatic heterocycles. The predicted octanol–water partition coefficient (Wildman–Crippen LogP) is 3.61. The number of aromatic nitrogens is 4. The van der Waals surface area contributed by atoms with E-state index in [0.29, 0.717) is 28.5 Å². The Labute approximate surface area is 171 Å². The van der Waals surface area contributed by atoms with Crippen molar-refractivity contribution >= 4 is 45.6 Å². The van der Waals surface area contributed by atoms with Crippen LogP contribution in [0.2, 0.25) is 5.02 Å². The van der Waals surface area contributed by atoms with E-state index in [0.717, 1.165) is 25.5 Å². The summed E-state index contributed by atoms with van der Waals surface area (Å²) in [6.45, 7) is 4.87. The highest BCUT2D eigenvalue weighted by molar-refractivity contribution is 6.33. The molecule has 1 atom stereocenters. The van der Waals surface area contributed by atoms with Gasteiger partial charge in [0.1, 0.15) is 29.0 Å². The number of hydrogen-bond acceptors (Lipinski definition) is 6. The SMILES string of the molecule is C[C@H]1CN(c2ccc3nc(Nc4c(F)cccc4Cl)c4cncn4c3n2)CCN1. The van der Waals surface area contributed by atoms with E-state index in [2.05, 4.69) is 32.4 Å². The number of para-hydroxylation sites is 1. The summed E-state index contributed by atoms with van der Waals surface area (Å²) in [5.74, 6) is 0.922. The number of benzene rings is 1. The molecule has 9 heteroatoms. The Kier molecular flexibility index (Phi) is 4.44. The molecule has 29 heavy (non-hydrogen) atoms. The smallest absolute Gasteiger partial charge is 0.166 e. The maximum Gasteiger partial charge on any atom is 0.166 e. The minimum absolute atomic E-state index is 0.184. The fourth-order valence-electron chi connectivity index (χ4n) is 3.66. The molecule has 1 aromatic carbocycles. The third-order valence-electron chi connectivity index (χ3n) is 5.08. The number of halogens is 2. The number of imidazole rings is 1. The van der Waals surface area contributed by atoms with Gasteiger partial charge in [-0.2, -0.15) is 0 Å². The fraction of sp³-hybridized carbons (Fsp3) is 0.250. The molecule has 3 aromatic heterocycles. The van der Waals surface area contributed by atoms with E-state index in [-0.39, 0.29) is 10.7 Å². The summed E-state index contributed by atoms with van der Waals surface area (Å²) in [7, 11) is 0. The average molecular weight is 412 g/mol. The number of piperazine rings is 1. The van der Waals surface area contributed by atoms with Gasteiger partial charge < -0.3 is 15.5 Å². The zero-order valence-electron chi connectivity index (χ0n) is 15.7. The molecule has 0 amide bonds. The van der Waals surface area contributed by atoms with Crippen LogP contribution in [0, 0.1) is 5.82 Å². The lowest BCUT2D eigenvalue weighted by molar-refractivity contribution is 0.482. The molecule has 4 heterocycles. The van der Waals surface area contributed by atoms with Crippen LogP contribution in [0.4, 0.5) is 21.7 Å².